The molecule has 0 saturated carbocycles. The maximum atomic E-state index is 13.3. The van der Waals surface area contributed by atoms with Crippen LogP contribution < -0.4 is 5.73 Å². The maximum Gasteiger partial charge on any atom is 0.244 e. The minimum atomic E-state index is -0.692. The number of likely N-dealkylation sites (tertiary alicyclic amines) is 3. The fourth-order valence-corrected chi connectivity index (χ4v) is 7.94. The predicted molar refractivity (Wildman–Crippen MR) is 200 cm³/mol. The minimum Gasteiger partial charge on any atom is -0.340 e. The van der Waals surface area contributed by atoms with Crippen molar-refractivity contribution in [2.75, 3.05) is 26.7 Å². The summed E-state index contributed by atoms with van der Waals surface area (Å²) in [6.07, 6.45) is 9.40. The van der Waals surface area contributed by atoms with Gasteiger partial charge in [-0.05, 0) is 93.1 Å². The molecule has 0 bridgehead atoms. The van der Waals surface area contributed by atoms with Crippen LogP contribution >= 0.6 is 0 Å². The first-order valence-corrected chi connectivity index (χ1v) is 18.4. The highest BCUT2D eigenvalue weighted by atomic mass is 16.2. The molecule has 3 aromatic carbocycles. The summed E-state index contributed by atoms with van der Waals surface area (Å²) >= 11 is 0. The Morgan fingerprint density at radius 3 is 1.77 bits per heavy atom. The van der Waals surface area contributed by atoms with Gasteiger partial charge in [-0.25, -0.2) is 9.97 Å². The second-order valence-corrected chi connectivity index (χ2v) is 14.2. The van der Waals surface area contributed by atoms with E-state index in [9.17, 15) is 9.59 Å². The van der Waals surface area contributed by atoms with Crippen LogP contribution in [0, 0.1) is 11.8 Å². The van der Waals surface area contributed by atoms with Crippen molar-refractivity contribution in [2.24, 2.45) is 5.73 Å². The predicted octanol–water partition coefficient (Wildman–Crippen LogP) is 5.99. The van der Waals surface area contributed by atoms with E-state index < -0.39 is 6.04 Å². The molecule has 3 saturated heterocycles. The fraction of sp³-hybridized carbons (Fsp3) is 0.333. The first-order valence-electron chi connectivity index (χ1n) is 18.4. The van der Waals surface area contributed by atoms with Gasteiger partial charge in [-0.15, -0.1) is 0 Å². The van der Waals surface area contributed by atoms with E-state index in [1.165, 1.54) is 0 Å². The number of aromatic amines is 2. The van der Waals surface area contributed by atoms with Crippen LogP contribution in [-0.2, 0) is 9.59 Å². The summed E-state index contributed by atoms with van der Waals surface area (Å²) in [4.78, 5) is 49.1. The highest BCUT2D eigenvalue weighted by Crippen LogP contribution is 2.35. The van der Waals surface area contributed by atoms with Gasteiger partial charge >= 0.3 is 0 Å². The van der Waals surface area contributed by atoms with Gasteiger partial charge in [0.2, 0.25) is 11.8 Å². The van der Waals surface area contributed by atoms with Crippen molar-refractivity contribution in [3.8, 4) is 34.4 Å². The summed E-state index contributed by atoms with van der Waals surface area (Å²) in [6, 6.07) is 24.9. The molecule has 5 heterocycles. The lowest BCUT2D eigenvalue weighted by Gasteiger charge is -2.29. The molecule has 0 spiro atoms. The number of nitrogens with two attached hydrogens (primary N) is 1. The molecule has 264 valence electrons. The largest absolute Gasteiger partial charge is 0.340 e. The normalized spacial score (nSPS) is 20.9. The molecule has 10 heteroatoms. The Bertz CT molecular complexity index is 2090. The third kappa shape index (κ3) is 6.77. The fourth-order valence-electron chi connectivity index (χ4n) is 7.94. The van der Waals surface area contributed by atoms with Crippen LogP contribution in [0.15, 0.2) is 91.3 Å². The summed E-state index contributed by atoms with van der Waals surface area (Å²) in [5.74, 6) is 8.36. The molecule has 3 aliphatic heterocycles. The van der Waals surface area contributed by atoms with Gasteiger partial charge in [0.25, 0.3) is 0 Å². The number of imidazole rings is 2. The number of hydrogen-bond acceptors (Lipinski definition) is 6. The SMILES string of the molecule is CN1CCC[C@@H]1C(=O)N1CCC[C@H]1c1ncc(-c2ccc(C#Cc3ccc(-c4cnc([C@@H]5CCCN5C(=O)[C@H](N)c5ccccc5)[nH]4)cc3)cc2)[nH]1. The van der Waals surface area contributed by atoms with E-state index in [1.807, 2.05) is 96.0 Å². The van der Waals surface area contributed by atoms with E-state index in [0.717, 1.165) is 102 Å². The maximum absolute atomic E-state index is 13.3. The molecule has 2 aromatic heterocycles. The van der Waals surface area contributed by atoms with Crippen LogP contribution in [0.3, 0.4) is 0 Å². The molecule has 0 aliphatic carbocycles. The smallest absolute Gasteiger partial charge is 0.244 e. The van der Waals surface area contributed by atoms with Crippen LogP contribution in [0.5, 0.6) is 0 Å². The Balaban J connectivity index is 0.893. The number of likely N-dealkylation sites (N-methyl/N-ethyl adjacent to an activating group) is 1. The van der Waals surface area contributed by atoms with Crippen molar-refractivity contribution in [1.82, 2.24) is 34.6 Å². The second-order valence-electron chi connectivity index (χ2n) is 14.2. The van der Waals surface area contributed by atoms with E-state index in [1.54, 1.807) is 0 Å². The van der Waals surface area contributed by atoms with Gasteiger partial charge in [0.15, 0.2) is 0 Å². The van der Waals surface area contributed by atoms with Gasteiger partial charge in [-0.2, -0.15) is 0 Å². The minimum absolute atomic E-state index is 0.0000478. The van der Waals surface area contributed by atoms with Gasteiger partial charge in [-0.1, -0.05) is 66.4 Å². The van der Waals surface area contributed by atoms with Gasteiger partial charge in [0.05, 0.1) is 41.9 Å². The van der Waals surface area contributed by atoms with Crippen LogP contribution in [-0.4, -0.2) is 79.2 Å². The van der Waals surface area contributed by atoms with Crippen LogP contribution in [0.1, 0.15) is 85.0 Å². The van der Waals surface area contributed by atoms with Gasteiger partial charge in [0, 0.05) is 24.2 Å². The van der Waals surface area contributed by atoms with E-state index in [4.69, 9.17) is 10.7 Å². The number of rotatable bonds is 7. The summed E-state index contributed by atoms with van der Waals surface area (Å²) in [7, 11) is 2.05. The van der Waals surface area contributed by atoms with Gasteiger partial charge < -0.3 is 25.5 Å². The quantitative estimate of drug-likeness (QED) is 0.180. The number of aromatic nitrogens is 4. The molecule has 2 amide bonds. The third-order valence-electron chi connectivity index (χ3n) is 10.9. The van der Waals surface area contributed by atoms with Gasteiger partial charge in [0.1, 0.15) is 17.7 Å². The third-order valence-corrected chi connectivity index (χ3v) is 10.9. The lowest BCUT2D eigenvalue weighted by Crippen LogP contribution is -2.44. The van der Waals surface area contributed by atoms with Crippen LogP contribution in [0.25, 0.3) is 22.5 Å². The summed E-state index contributed by atoms with van der Waals surface area (Å²) in [5.41, 5.74) is 12.9. The Labute approximate surface area is 304 Å². The number of amides is 2. The molecule has 3 fully saturated rings. The van der Waals surface area contributed by atoms with Crippen LogP contribution in [0.4, 0.5) is 0 Å². The van der Waals surface area contributed by atoms with Crippen molar-refractivity contribution >= 4 is 11.8 Å². The zero-order valence-corrected chi connectivity index (χ0v) is 29.5. The molecule has 52 heavy (non-hydrogen) atoms. The molecule has 4 N–H and O–H groups in total. The molecule has 5 aromatic rings. The number of H-pyrrole nitrogens is 2. The van der Waals surface area contributed by atoms with E-state index in [-0.39, 0.29) is 29.9 Å². The average Bonchev–Trinajstić information content (AvgIpc) is 4.04. The molecule has 4 atom stereocenters. The number of carbonyl (C=O) groups is 2. The molecule has 3 aliphatic rings. The summed E-state index contributed by atoms with van der Waals surface area (Å²) in [6.45, 7) is 2.44. The lowest BCUT2D eigenvalue weighted by molar-refractivity contribution is -0.136. The summed E-state index contributed by atoms with van der Waals surface area (Å²) in [5, 5.41) is 0. The van der Waals surface area contributed by atoms with Crippen LogP contribution in [0.2, 0.25) is 0 Å². The van der Waals surface area contributed by atoms with Crippen molar-refractivity contribution in [3.63, 3.8) is 0 Å². The number of hydrogen-bond donors (Lipinski definition) is 3. The van der Waals surface area contributed by atoms with Crippen molar-refractivity contribution < 1.29 is 9.59 Å². The topological polar surface area (TPSA) is 127 Å². The van der Waals surface area contributed by atoms with Crippen molar-refractivity contribution in [1.29, 1.82) is 0 Å². The first-order chi connectivity index (χ1) is 25.4. The number of benzene rings is 3. The monoisotopic (exact) mass is 692 g/mol. The first kappa shape index (κ1) is 33.6. The Hall–Kier alpha value is -5.50. The van der Waals surface area contributed by atoms with E-state index in [0.29, 0.717) is 6.54 Å². The molecule has 8 rings (SSSR count). The number of carbonyl (C=O) groups excluding carboxylic acids is 2. The molecular weight excluding hydrogens is 649 g/mol. The molecule has 10 nitrogen and oxygen atoms in total. The standard InChI is InChI=1S/C42H44N8O2/c1-48-23-5-12-37(48)41(51)49-24-6-10-35(49)39-44-26-33(46-39)30-19-15-28(16-20-30)13-14-29-17-21-31(22-18-29)34-27-45-40(47-34)36-11-7-25-50(36)42(52)38(43)32-8-3-2-4-9-32/h2-4,8-9,15-22,26-27,35-38H,5-7,10-12,23-25,43H2,1H3,(H,44,46)(H,45,47)/t35-,36-,37+,38+/m0/s1. The Kier molecular flexibility index (Phi) is 9.46. The Morgan fingerprint density at radius 1 is 0.712 bits per heavy atom. The van der Waals surface area contributed by atoms with Gasteiger partial charge in [-0.3, -0.25) is 14.5 Å². The van der Waals surface area contributed by atoms with Crippen molar-refractivity contribution in [2.45, 2.75) is 62.7 Å². The van der Waals surface area contributed by atoms with Crippen molar-refractivity contribution in [3.05, 3.63) is 120 Å². The second kappa shape index (κ2) is 14.6. The highest BCUT2D eigenvalue weighted by molar-refractivity contribution is 5.84. The summed E-state index contributed by atoms with van der Waals surface area (Å²) < 4.78 is 0. The average molecular weight is 693 g/mol. The van der Waals surface area contributed by atoms with E-state index >= 15 is 0 Å². The lowest BCUT2D eigenvalue weighted by atomic mass is 10.1. The number of nitrogens with zero attached hydrogens (tertiary/aromatic N) is 5. The number of nitrogens with one attached hydrogen (secondary N) is 2. The molecule has 0 unspecified atom stereocenters. The van der Waals surface area contributed by atoms with E-state index in [2.05, 4.69) is 43.8 Å². The zero-order valence-electron chi connectivity index (χ0n) is 29.5. The highest BCUT2D eigenvalue weighted by Gasteiger charge is 2.38. The zero-order chi connectivity index (χ0) is 35.6. The Morgan fingerprint density at radius 2 is 1.23 bits per heavy atom. The molecular formula is C42H44N8O2. The molecule has 0 radical (unpaired) electrons.